The molecular formula is C12H10INO2S2. The van der Waals surface area contributed by atoms with Crippen LogP contribution in [0.3, 0.4) is 0 Å². The van der Waals surface area contributed by atoms with Gasteiger partial charge in [0, 0.05) is 0 Å². The van der Waals surface area contributed by atoms with Gasteiger partial charge in [-0.1, -0.05) is 30.0 Å². The molecule has 94 valence electrons. The molecule has 1 N–H and O–H groups in total. The zero-order chi connectivity index (χ0) is 13.1. The highest BCUT2D eigenvalue weighted by Crippen LogP contribution is 2.28. The molecule has 1 aromatic carbocycles. The summed E-state index contributed by atoms with van der Waals surface area (Å²) in [7, 11) is 0. The Bertz CT molecular complexity index is 543. The molecular weight excluding hydrogens is 381 g/mol. The molecule has 0 radical (unpaired) electrons. The lowest BCUT2D eigenvalue weighted by Gasteiger charge is -2.06. The number of ether oxygens (including phenoxy) is 1. The van der Waals surface area contributed by atoms with Gasteiger partial charge in [-0.15, -0.1) is 0 Å². The third-order valence-corrected chi connectivity index (χ3v) is 4.20. The standard InChI is InChI=1S/C12H10INO2S2/c1-2-16-9-4-3-7(5-8(9)13)6-10-11(15)14-12(17)18-10/h3-6H,2H2,1H3,(H,14,15,17)/b10-6+. The van der Waals surface area contributed by atoms with Crippen LogP contribution in [0.15, 0.2) is 23.1 Å². The van der Waals surface area contributed by atoms with E-state index in [9.17, 15) is 4.79 Å². The fraction of sp³-hybridized carbons (Fsp3) is 0.167. The first kappa shape index (κ1) is 13.8. The number of carbonyl (C=O) groups is 1. The van der Waals surface area contributed by atoms with Crippen molar-refractivity contribution in [2.45, 2.75) is 6.92 Å². The molecule has 1 aliphatic heterocycles. The highest BCUT2D eigenvalue weighted by molar-refractivity contribution is 14.1. The van der Waals surface area contributed by atoms with E-state index in [0.29, 0.717) is 15.8 Å². The highest BCUT2D eigenvalue weighted by atomic mass is 127. The van der Waals surface area contributed by atoms with E-state index < -0.39 is 0 Å². The highest BCUT2D eigenvalue weighted by Gasteiger charge is 2.21. The van der Waals surface area contributed by atoms with E-state index in [1.807, 2.05) is 31.2 Å². The molecule has 0 aromatic heterocycles. The van der Waals surface area contributed by atoms with Crippen LogP contribution >= 0.6 is 46.6 Å². The normalized spacial score (nSPS) is 17.1. The Labute approximate surface area is 128 Å². The molecule has 0 atom stereocenters. The van der Waals surface area contributed by atoms with Crippen LogP contribution in [0.25, 0.3) is 6.08 Å². The van der Waals surface area contributed by atoms with Crippen molar-refractivity contribution in [2.24, 2.45) is 0 Å². The fourth-order valence-electron chi connectivity index (χ4n) is 1.45. The maximum atomic E-state index is 11.5. The molecule has 0 spiro atoms. The average Bonchev–Trinajstić information content (AvgIpc) is 2.61. The number of thiocarbonyl (C=S) groups is 1. The van der Waals surface area contributed by atoms with E-state index in [0.717, 1.165) is 14.9 Å². The summed E-state index contributed by atoms with van der Waals surface area (Å²) >= 11 is 8.44. The summed E-state index contributed by atoms with van der Waals surface area (Å²) in [5.74, 6) is 0.730. The Morgan fingerprint density at radius 1 is 1.56 bits per heavy atom. The average molecular weight is 391 g/mol. The van der Waals surface area contributed by atoms with Crippen molar-refractivity contribution >= 4 is 62.9 Å². The van der Waals surface area contributed by atoms with Crippen LogP contribution in [0.1, 0.15) is 12.5 Å². The number of amides is 1. The maximum absolute atomic E-state index is 11.5. The van der Waals surface area contributed by atoms with Crippen molar-refractivity contribution in [3.63, 3.8) is 0 Å². The molecule has 1 fully saturated rings. The van der Waals surface area contributed by atoms with Crippen LogP contribution in [0, 0.1) is 3.57 Å². The van der Waals surface area contributed by atoms with Crippen LogP contribution in [-0.4, -0.2) is 16.8 Å². The summed E-state index contributed by atoms with van der Waals surface area (Å²) in [6, 6.07) is 5.82. The van der Waals surface area contributed by atoms with Crippen molar-refractivity contribution in [1.82, 2.24) is 5.32 Å². The molecule has 1 heterocycles. The van der Waals surface area contributed by atoms with Gasteiger partial charge in [0.05, 0.1) is 15.1 Å². The summed E-state index contributed by atoms with van der Waals surface area (Å²) in [5.41, 5.74) is 0.963. The number of rotatable bonds is 3. The Hall–Kier alpha value is -0.600. The van der Waals surface area contributed by atoms with Gasteiger partial charge in [-0.25, -0.2) is 0 Å². The first-order chi connectivity index (χ1) is 8.60. The van der Waals surface area contributed by atoms with Crippen LogP contribution in [0.5, 0.6) is 5.75 Å². The summed E-state index contributed by atoms with van der Waals surface area (Å²) in [6.45, 7) is 2.59. The van der Waals surface area contributed by atoms with Crippen LogP contribution in [0.4, 0.5) is 0 Å². The van der Waals surface area contributed by atoms with Crippen molar-refractivity contribution in [1.29, 1.82) is 0 Å². The second kappa shape index (κ2) is 6.03. The third kappa shape index (κ3) is 3.24. The molecule has 3 nitrogen and oxygen atoms in total. The Morgan fingerprint density at radius 2 is 2.33 bits per heavy atom. The van der Waals surface area contributed by atoms with E-state index >= 15 is 0 Å². The quantitative estimate of drug-likeness (QED) is 0.488. The van der Waals surface area contributed by atoms with E-state index in [2.05, 4.69) is 27.9 Å². The number of benzene rings is 1. The summed E-state index contributed by atoms with van der Waals surface area (Å²) < 4.78 is 7.00. The second-order valence-corrected chi connectivity index (χ2v) is 6.36. The monoisotopic (exact) mass is 391 g/mol. The first-order valence-electron chi connectivity index (χ1n) is 5.27. The van der Waals surface area contributed by atoms with Gasteiger partial charge in [0.1, 0.15) is 10.1 Å². The van der Waals surface area contributed by atoms with Gasteiger partial charge in [0.2, 0.25) is 0 Å². The van der Waals surface area contributed by atoms with Gasteiger partial charge in [-0.2, -0.15) is 0 Å². The number of thioether (sulfide) groups is 1. The molecule has 18 heavy (non-hydrogen) atoms. The van der Waals surface area contributed by atoms with E-state index in [-0.39, 0.29) is 5.91 Å². The van der Waals surface area contributed by atoms with Crippen molar-refractivity contribution in [3.8, 4) is 5.75 Å². The minimum absolute atomic E-state index is 0.131. The number of nitrogens with one attached hydrogen (secondary N) is 1. The van der Waals surface area contributed by atoms with Gasteiger partial charge in [-0.05, 0) is 53.3 Å². The van der Waals surface area contributed by atoms with Gasteiger partial charge in [0.25, 0.3) is 5.91 Å². The number of hydrogen-bond donors (Lipinski definition) is 1. The lowest BCUT2D eigenvalue weighted by atomic mass is 10.2. The lowest BCUT2D eigenvalue weighted by Crippen LogP contribution is -2.17. The fourth-order valence-corrected chi connectivity index (χ4v) is 3.19. The number of hydrogen-bond acceptors (Lipinski definition) is 4. The predicted octanol–water partition coefficient (Wildman–Crippen LogP) is 3.18. The molecule has 0 unspecified atom stereocenters. The molecule has 6 heteroatoms. The van der Waals surface area contributed by atoms with Gasteiger partial charge in [0.15, 0.2) is 0 Å². The molecule has 0 bridgehead atoms. The lowest BCUT2D eigenvalue weighted by molar-refractivity contribution is -0.115. The largest absolute Gasteiger partial charge is 0.493 e. The second-order valence-electron chi connectivity index (χ2n) is 3.48. The summed E-state index contributed by atoms with van der Waals surface area (Å²) in [4.78, 5) is 12.2. The predicted molar refractivity (Wildman–Crippen MR) is 86.6 cm³/mol. The summed E-state index contributed by atoms with van der Waals surface area (Å²) in [5, 5.41) is 2.59. The van der Waals surface area contributed by atoms with Gasteiger partial charge >= 0.3 is 0 Å². The number of carbonyl (C=O) groups excluding carboxylic acids is 1. The molecule has 1 amide bonds. The minimum Gasteiger partial charge on any atom is -0.493 e. The number of halogens is 1. The Balaban J connectivity index is 2.25. The van der Waals surface area contributed by atoms with Crippen LogP contribution in [-0.2, 0) is 4.79 Å². The minimum atomic E-state index is -0.131. The van der Waals surface area contributed by atoms with Crippen LogP contribution < -0.4 is 10.1 Å². The SMILES string of the molecule is CCOc1ccc(/C=C2/SC(=S)NC2=O)cc1I. The first-order valence-corrected chi connectivity index (χ1v) is 7.57. The molecule has 1 saturated heterocycles. The Morgan fingerprint density at radius 3 is 2.89 bits per heavy atom. The van der Waals surface area contributed by atoms with E-state index in [1.165, 1.54) is 11.8 Å². The maximum Gasteiger partial charge on any atom is 0.263 e. The Kier molecular flexibility index (Phi) is 4.63. The smallest absolute Gasteiger partial charge is 0.263 e. The van der Waals surface area contributed by atoms with Crippen molar-refractivity contribution in [2.75, 3.05) is 6.61 Å². The zero-order valence-electron chi connectivity index (χ0n) is 9.53. The van der Waals surface area contributed by atoms with E-state index in [4.69, 9.17) is 17.0 Å². The molecule has 0 saturated carbocycles. The third-order valence-electron chi connectivity index (χ3n) is 2.20. The zero-order valence-corrected chi connectivity index (χ0v) is 13.3. The van der Waals surface area contributed by atoms with Gasteiger partial charge in [-0.3, -0.25) is 4.79 Å². The van der Waals surface area contributed by atoms with Crippen molar-refractivity contribution in [3.05, 3.63) is 32.2 Å². The van der Waals surface area contributed by atoms with E-state index in [1.54, 1.807) is 0 Å². The molecule has 0 aliphatic carbocycles. The summed E-state index contributed by atoms with van der Waals surface area (Å²) in [6.07, 6.45) is 1.83. The molecule has 1 aromatic rings. The van der Waals surface area contributed by atoms with Gasteiger partial charge < -0.3 is 10.1 Å². The topological polar surface area (TPSA) is 38.3 Å². The van der Waals surface area contributed by atoms with Crippen molar-refractivity contribution < 1.29 is 9.53 Å². The molecule has 1 aliphatic rings. The van der Waals surface area contributed by atoms with Crippen LogP contribution in [0.2, 0.25) is 0 Å². The molecule has 2 rings (SSSR count).